The number of phenolic OH excluding ortho intramolecular Hbond substituents is 1. The second-order valence-corrected chi connectivity index (χ2v) is 24.3. The molecule has 2 aliphatic carbocycles. The molecule has 6 aromatic rings. The van der Waals surface area contributed by atoms with Crippen LogP contribution in [-0.2, 0) is 14.3 Å². The fourth-order valence-corrected chi connectivity index (χ4v) is 13.9. The van der Waals surface area contributed by atoms with E-state index >= 15 is 0 Å². The Morgan fingerprint density at radius 2 is 1.57 bits per heavy atom. The highest BCUT2D eigenvalue weighted by Gasteiger charge is 2.45. The Kier molecular flexibility index (Phi) is 15.4. The molecule has 2 amide bonds. The number of fused-ring (bicyclic) bond motifs is 2. The van der Waals surface area contributed by atoms with E-state index in [2.05, 4.69) is 57.5 Å². The van der Waals surface area contributed by atoms with Crippen LogP contribution in [0.3, 0.4) is 0 Å². The van der Waals surface area contributed by atoms with Crippen molar-refractivity contribution in [3.8, 4) is 39.2 Å². The summed E-state index contributed by atoms with van der Waals surface area (Å²) in [5.74, 6) is 1.03. The number of likely N-dealkylation sites (tertiary alicyclic amines) is 2. The maximum atomic E-state index is 14.3. The first-order valence-corrected chi connectivity index (χ1v) is 29.5. The van der Waals surface area contributed by atoms with Crippen LogP contribution in [0.2, 0.25) is 0 Å². The molecule has 4 aromatic heterocycles. The van der Waals surface area contributed by atoms with Gasteiger partial charge in [0.15, 0.2) is 11.6 Å². The number of aromatic nitrogens is 5. The molecule has 19 nitrogen and oxygen atoms in total. The number of thiazole rings is 1. The molecule has 8 heterocycles. The molecule has 0 radical (unpaired) electrons. The van der Waals surface area contributed by atoms with Crippen LogP contribution in [-0.4, -0.2) is 145 Å². The minimum Gasteiger partial charge on any atom is -0.507 e. The predicted octanol–water partition coefficient (Wildman–Crippen LogP) is 7.93. The number of aliphatic hydroxyl groups is 1. The summed E-state index contributed by atoms with van der Waals surface area (Å²) in [6.45, 7) is 12.5. The number of anilines is 3. The van der Waals surface area contributed by atoms with Crippen molar-refractivity contribution in [2.24, 2.45) is 11.8 Å². The lowest BCUT2D eigenvalue weighted by molar-refractivity contribution is -0.141. The summed E-state index contributed by atoms with van der Waals surface area (Å²) in [7, 11) is 0. The highest BCUT2D eigenvalue weighted by Crippen LogP contribution is 2.42. The van der Waals surface area contributed by atoms with Crippen molar-refractivity contribution in [2.45, 2.75) is 146 Å². The number of para-hydroxylation sites is 1. The molecule has 6 atom stereocenters. The molecule has 4 aliphatic heterocycles. The quantitative estimate of drug-likeness (QED) is 0.0640. The number of nitrogens with one attached hydrogen (secondary N) is 1. The monoisotopic (exact) mass is 1110 g/mol. The Morgan fingerprint density at radius 3 is 2.30 bits per heavy atom. The predicted molar refractivity (Wildman–Crippen MR) is 303 cm³/mol. The zero-order chi connectivity index (χ0) is 55.2. The second kappa shape index (κ2) is 22.9. The van der Waals surface area contributed by atoms with Gasteiger partial charge in [-0.2, -0.15) is 0 Å². The molecule has 5 N–H and O–H groups in total. The van der Waals surface area contributed by atoms with Gasteiger partial charge in [-0.25, -0.2) is 9.97 Å². The number of piperidine rings is 1. The third-order valence-corrected chi connectivity index (χ3v) is 18.4. The Labute approximate surface area is 470 Å². The molecule has 2 aromatic carbocycles. The van der Waals surface area contributed by atoms with E-state index in [-0.39, 0.29) is 66.9 Å². The first-order chi connectivity index (χ1) is 38.8. The van der Waals surface area contributed by atoms with E-state index in [1.54, 1.807) is 29.5 Å². The number of nitrogen functional groups attached to an aromatic ring is 1. The van der Waals surface area contributed by atoms with Crippen molar-refractivity contribution >= 4 is 40.3 Å². The number of piperazine rings is 1. The summed E-state index contributed by atoms with van der Waals surface area (Å²) in [4.78, 5) is 47.0. The van der Waals surface area contributed by atoms with Crippen molar-refractivity contribution in [3.05, 3.63) is 102 Å². The second-order valence-electron chi connectivity index (χ2n) is 23.4. The summed E-state index contributed by atoms with van der Waals surface area (Å²) >= 11 is 1.59. The van der Waals surface area contributed by atoms with Crippen molar-refractivity contribution in [3.63, 3.8) is 0 Å². The third kappa shape index (κ3) is 11.4. The van der Waals surface area contributed by atoms with Gasteiger partial charge in [0.1, 0.15) is 29.9 Å². The molecule has 2 saturated carbocycles. The Hall–Kier alpha value is -6.87. The number of aliphatic hydroxyl groups excluding tert-OH is 1. The van der Waals surface area contributed by atoms with Gasteiger partial charge in [-0.15, -0.1) is 21.5 Å². The minimum atomic E-state index is -0.820. The number of carbonyl (C=O) groups excluding carboxylic acids is 2. The van der Waals surface area contributed by atoms with Crippen LogP contribution < -0.4 is 30.3 Å². The number of pyridine rings is 1. The van der Waals surface area contributed by atoms with Crippen molar-refractivity contribution in [1.82, 2.24) is 40.4 Å². The molecule has 6 fully saturated rings. The molecule has 6 aliphatic rings. The number of nitrogens with two attached hydrogens (primary N) is 1. The van der Waals surface area contributed by atoms with Gasteiger partial charge in [-0.1, -0.05) is 50.2 Å². The van der Waals surface area contributed by atoms with Gasteiger partial charge in [0.2, 0.25) is 17.7 Å². The largest absolute Gasteiger partial charge is 0.507 e. The van der Waals surface area contributed by atoms with Crippen LogP contribution in [0.1, 0.15) is 108 Å². The molecule has 0 spiro atoms. The SMILES string of the molecule is Cc1ncsc1-c1ccc([C@H](C)NC(=O)[C@@H]2C[C@@H](O)CN2C(=O)[C@H](c2cc(OC3CC(CN4CCC(OC5CC(Oc6cc(N7C8CC[C@@H]7CN(c7cc(-c9ccccc9O)nnc7N)C8)ccn6)C5)CC4)C3)no2)C(C)C)cc1. The molecule has 20 heteroatoms. The number of benzene rings is 2. The van der Waals surface area contributed by atoms with Crippen LogP contribution in [0.15, 0.2) is 89.0 Å². The lowest BCUT2D eigenvalue weighted by Crippen LogP contribution is -2.54. The standard InChI is InChI=1S/C60H73N11O8S/c1-34(2)56(60(75)70-32-43(72)24-51(70)59(74)64-35(3)38-9-11-39(12-10-38)57-36(4)63-33-80-57)53-28-55(67-79-53)78-45-21-37(22-45)29-68-19-16-44(17-20-68)76-46-25-47(26-46)77-54-23-40(15-18-62-54)71-41-13-14-42(71)31-69(30-41)50-27-49(65-66-58(50)61)48-7-5-6-8-52(48)73/h5-12,15,18,23,27-28,33-35,37,41-47,51,56,72-73H,13-14,16-17,19-22,24-26,29-32H2,1-4H3,(H2,61,66)(H,64,74)/t35-,37?,41+,42?,43+,45?,46?,47?,51-,56-/m0/s1. The number of hydrogen-bond acceptors (Lipinski definition) is 18. The van der Waals surface area contributed by atoms with Gasteiger partial charge in [0.25, 0.3) is 5.88 Å². The maximum absolute atomic E-state index is 14.3. The summed E-state index contributed by atoms with van der Waals surface area (Å²) in [6.07, 6.45) is 9.47. The number of β-amino-alcohol motifs (C(OH)–C–C–N with tert-alkyl or cyclic N) is 1. The fourth-order valence-electron chi connectivity index (χ4n) is 13.1. The molecule has 2 bridgehead atoms. The lowest BCUT2D eigenvalue weighted by Gasteiger charge is -2.43. The fraction of sp³-hybridized carbons (Fsp3) is 0.517. The van der Waals surface area contributed by atoms with E-state index in [0.717, 1.165) is 117 Å². The summed E-state index contributed by atoms with van der Waals surface area (Å²) in [6, 6.07) is 22.5. The molecule has 1 unspecified atom stereocenters. The number of rotatable bonds is 18. The van der Waals surface area contributed by atoms with E-state index in [9.17, 15) is 19.8 Å². The molecule has 80 heavy (non-hydrogen) atoms. The van der Waals surface area contributed by atoms with Crippen LogP contribution in [0.25, 0.3) is 21.7 Å². The van der Waals surface area contributed by atoms with Gasteiger partial charge in [0.05, 0.1) is 51.8 Å². The Bertz CT molecular complexity index is 3120. The van der Waals surface area contributed by atoms with Crippen LogP contribution in [0, 0.1) is 18.8 Å². The molecule has 4 saturated heterocycles. The van der Waals surface area contributed by atoms with E-state index in [4.69, 9.17) is 24.5 Å². The van der Waals surface area contributed by atoms with Gasteiger partial charge >= 0.3 is 0 Å². The molecular formula is C60H73N11O8S. The average Bonchev–Trinajstić information content (AvgIpc) is 4.27. The highest BCUT2D eigenvalue weighted by molar-refractivity contribution is 7.13. The minimum absolute atomic E-state index is 0.0187. The van der Waals surface area contributed by atoms with Crippen LogP contribution >= 0.6 is 11.3 Å². The van der Waals surface area contributed by atoms with Gasteiger partial charge in [-0.3, -0.25) is 9.59 Å². The average molecular weight is 1110 g/mol. The van der Waals surface area contributed by atoms with Crippen molar-refractivity contribution in [1.29, 1.82) is 0 Å². The zero-order valence-electron chi connectivity index (χ0n) is 46.0. The Morgan fingerprint density at radius 1 is 0.838 bits per heavy atom. The number of nitrogens with zero attached hydrogens (tertiary/aromatic N) is 9. The number of aromatic hydroxyl groups is 1. The van der Waals surface area contributed by atoms with E-state index in [1.807, 2.05) is 81.9 Å². The van der Waals surface area contributed by atoms with Gasteiger partial charge < -0.3 is 59.6 Å². The molecule has 12 rings (SSSR count). The summed E-state index contributed by atoms with van der Waals surface area (Å²) < 4.78 is 25.1. The maximum Gasteiger partial charge on any atom is 0.254 e. The highest BCUT2D eigenvalue weighted by atomic mass is 32.1. The number of aryl methyl sites for hydroxylation is 1. The van der Waals surface area contributed by atoms with Gasteiger partial charge in [0, 0.05) is 100 Å². The zero-order valence-corrected chi connectivity index (χ0v) is 46.8. The lowest BCUT2D eigenvalue weighted by atomic mass is 9.81. The number of hydrogen-bond donors (Lipinski definition) is 4. The number of ether oxygens (including phenoxy) is 3. The smallest absolute Gasteiger partial charge is 0.254 e. The number of carbonyl (C=O) groups is 2. The first-order valence-electron chi connectivity index (χ1n) is 28.6. The molecule has 422 valence electrons. The van der Waals surface area contributed by atoms with E-state index in [1.165, 1.54) is 4.90 Å². The van der Waals surface area contributed by atoms with Gasteiger partial charge in [-0.05, 0) is 105 Å². The van der Waals surface area contributed by atoms with Crippen LogP contribution in [0.5, 0.6) is 17.5 Å². The first kappa shape index (κ1) is 53.8. The molecular weight excluding hydrogens is 1030 g/mol. The van der Waals surface area contributed by atoms with E-state index in [0.29, 0.717) is 52.6 Å². The van der Waals surface area contributed by atoms with E-state index < -0.39 is 18.1 Å². The van der Waals surface area contributed by atoms with Crippen molar-refractivity contribution < 1.29 is 38.5 Å². The normalized spacial score (nSPS) is 25.8. The number of amides is 2. The Balaban J connectivity index is 0.555. The summed E-state index contributed by atoms with van der Waals surface area (Å²) in [5, 5.41) is 37.1. The third-order valence-electron chi connectivity index (χ3n) is 17.5. The number of phenols is 1. The summed E-state index contributed by atoms with van der Waals surface area (Å²) in [5.41, 5.74) is 14.4. The van der Waals surface area contributed by atoms with Crippen LogP contribution in [0.4, 0.5) is 17.2 Å². The van der Waals surface area contributed by atoms with Crippen molar-refractivity contribution in [2.75, 3.05) is 54.8 Å². The topological polar surface area (TPSA) is 231 Å².